The molecule has 19 heavy (non-hydrogen) atoms. The van der Waals surface area contributed by atoms with Crippen LogP contribution in [0.2, 0.25) is 0 Å². The lowest BCUT2D eigenvalue weighted by Gasteiger charge is -2.20. The van der Waals surface area contributed by atoms with E-state index in [0.717, 1.165) is 5.69 Å². The zero-order chi connectivity index (χ0) is 13.7. The van der Waals surface area contributed by atoms with Crippen LogP contribution in [0.25, 0.3) is 0 Å². The molecule has 0 saturated heterocycles. The minimum Gasteiger partial charge on any atom is -0.396 e. The number of anilines is 1. The van der Waals surface area contributed by atoms with Gasteiger partial charge in [-0.15, -0.1) is 0 Å². The topological polar surface area (TPSA) is 80.2 Å². The van der Waals surface area contributed by atoms with Crippen LogP contribution in [0, 0.1) is 0 Å². The second kappa shape index (κ2) is 6.31. The first-order valence-electron chi connectivity index (χ1n) is 6.18. The largest absolute Gasteiger partial charge is 0.396 e. The summed E-state index contributed by atoms with van der Waals surface area (Å²) in [5.41, 5.74) is 7.17. The highest BCUT2D eigenvalue weighted by atomic mass is 16.3. The van der Waals surface area contributed by atoms with E-state index in [0.29, 0.717) is 25.3 Å². The van der Waals surface area contributed by atoms with Gasteiger partial charge >= 0.3 is 0 Å². The highest BCUT2D eigenvalue weighted by Crippen LogP contribution is 2.03. The van der Waals surface area contributed by atoms with Crippen molar-refractivity contribution in [3.8, 4) is 0 Å². The Kier molecular flexibility index (Phi) is 4.48. The molecule has 0 radical (unpaired) electrons. The van der Waals surface area contributed by atoms with E-state index in [4.69, 9.17) is 5.73 Å². The number of aliphatic hydroxyl groups is 1. The summed E-state index contributed by atoms with van der Waals surface area (Å²) in [7, 11) is 1.95. The predicted molar refractivity (Wildman–Crippen MR) is 73.2 cm³/mol. The monoisotopic (exact) mass is 261 g/mol. The number of rotatable bonds is 6. The Morgan fingerprint density at radius 2 is 2.32 bits per heavy atom. The van der Waals surface area contributed by atoms with Crippen molar-refractivity contribution in [2.75, 3.05) is 19.3 Å². The van der Waals surface area contributed by atoms with E-state index in [1.54, 1.807) is 23.3 Å². The van der Waals surface area contributed by atoms with Gasteiger partial charge < -0.3 is 10.8 Å². The molecule has 0 spiro atoms. The van der Waals surface area contributed by atoms with Crippen LogP contribution in [0.3, 0.4) is 0 Å². The van der Waals surface area contributed by atoms with E-state index in [9.17, 15) is 5.11 Å². The molecular weight excluding hydrogens is 242 g/mol. The lowest BCUT2D eigenvalue weighted by atomic mass is 10.3. The van der Waals surface area contributed by atoms with Crippen LogP contribution in [0.4, 0.5) is 5.69 Å². The van der Waals surface area contributed by atoms with Gasteiger partial charge in [0.15, 0.2) is 0 Å². The van der Waals surface area contributed by atoms with E-state index in [1.165, 1.54) is 0 Å². The maximum atomic E-state index is 10.00. The summed E-state index contributed by atoms with van der Waals surface area (Å²) in [6, 6.07) is 5.82. The van der Waals surface area contributed by atoms with E-state index in [-0.39, 0.29) is 0 Å². The van der Waals surface area contributed by atoms with Crippen molar-refractivity contribution >= 4 is 5.69 Å². The highest BCUT2D eigenvalue weighted by molar-refractivity contribution is 5.30. The smallest absolute Gasteiger partial charge is 0.0862 e. The second-order valence-electron chi connectivity index (χ2n) is 4.67. The average Bonchev–Trinajstić information content (AvgIpc) is 2.75. The van der Waals surface area contributed by atoms with E-state index in [1.807, 2.05) is 30.1 Å². The van der Waals surface area contributed by atoms with Gasteiger partial charge in [-0.2, -0.15) is 5.10 Å². The van der Waals surface area contributed by atoms with Gasteiger partial charge in [0, 0.05) is 25.5 Å². The molecule has 0 aromatic carbocycles. The van der Waals surface area contributed by atoms with Crippen molar-refractivity contribution in [1.29, 1.82) is 0 Å². The maximum Gasteiger partial charge on any atom is 0.0862 e. The molecule has 2 aromatic heterocycles. The molecule has 0 bridgehead atoms. The minimum absolute atomic E-state index is 0.434. The molecule has 1 unspecified atom stereocenters. The summed E-state index contributed by atoms with van der Waals surface area (Å²) >= 11 is 0. The molecule has 102 valence electrons. The van der Waals surface area contributed by atoms with Crippen LogP contribution >= 0.6 is 0 Å². The first-order valence-corrected chi connectivity index (χ1v) is 6.18. The number of nitrogens with two attached hydrogens (primary N) is 1. The molecule has 2 rings (SSSR count). The average molecular weight is 261 g/mol. The number of nitrogen functional groups attached to an aromatic ring is 1. The van der Waals surface area contributed by atoms with E-state index >= 15 is 0 Å². The lowest BCUT2D eigenvalue weighted by molar-refractivity contribution is 0.103. The number of hydrogen-bond donors (Lipinski definition) is 2. The fraction of sp³-hybridized carbons (Fsp3) is 0.385. The molecule has 6 nitrogen and oxygen atoms in total. The first-order chi connectivity index (χ1) is 9.13. The van der Waals surface area contributed by atoms with Crippen LogP contribution in [0.5, 0.6) is 0 Å². The normalized spacial score (nSPS) is 12.8. The molecule has 6 heteroatoms. The maximum absolute atomic E-state index is 10.00. The first kappa shape index (κ1) is 13.5. The molecule has 2 heterocycles. The molecule has 3 N–H and O–H groups in total. The number of nitrogens with zero attached hydrogens (tertiary/aromatic N) is 4. The molecule has 0 amide bonds. The molecule has 0 aliphatic rings. The summed E-state index contributed by atoms with van der Waals surface area (Å²) in [4.78, 5) is 6.28. The Hall–Kier alpha value is -1.92. The quantitative estimate of drug-likeness (QED) is 0.784. The highest BCUT2D eigenvalue weighted by Gasteiger charge is 2.10. The Morgan fingerprint density at radius 1 is 1.47 bits per heavy atom. The number of aromatic nitrogens is 3. The summed E-state index contributed by atoms with van der Waals surface area (Å²) in [5, 5.41) is 14.0. The number of aliphatic hydroxyl groups excluding tert-OH is 1. The zero-order valence-electron chi connectivity index (χ0n) is 11.0. The Morgan fingerprint density at radius 3 is 2.95 bits per heavy atom. The fourth-order valence-electron chi connectivity index (χ4n) is 1.95. The van der Waals surface area contributed by atoms with Gasteiger partial charge in [0.1, 0.15) is 0 Å². The summed E-state index contributed by atoms with van der Waals surface area (Å²) < 4.78 is 1.65. The van der Waals surface area contributed by atoms with Crippen molar-refractivity contribution in [3.63, 3.8) is 0 Å². The Balaban J connectivity index is 1.80. The second-order valence-corrected chi connectivity index (χ2v) is 4.67. The van der Waals surface area contributed by atoms with Crippen LogP contribution in [-0.2, 0) is 13.1 Å². The third-order valence-electron chi connectivity index (χ3n) is 2.73. The van der Waals surface area contributed by atoms with Gasteiger partial charge in [-0.3, -0.25) is 14.6 Å². The molecule has 2 aromatic rings. The van der Waals surface area contributed by atoms with Crippen LogP contribution in [0.1, 0.15) is 5.69 Å². The van der Waals surface area contributed by atoms with Crippen molar-refractivity contribution in [2.45, 2.75) is 19.2 Å². The molecule has 0 saturated carbocycles. The van der Waals surface area contributed by atoms with Gasteiger partial charge in [-0.25, -0.2) is 0 Å². The van der Waals surface area contributed by atoms with Gasteiger partial charge in [0.25, 0.3) is 0 Å². The van der Waals surface area contributed by atoms with Crippen molar-refractivity contribution < 1.29 is 5.11 Å². The molecule has 1 atom stereocenters. The van der Waals surface area contributed by atoms with E-state index in [2.05, 4.69) is 10.1 Å². The predicted octanol–water partition coefficient (Wildman–Crippen LogP) is 0.353. The SMILES string of the molecule is CN(Cc1ccccn1)CC(O)Cn1cc(N)cn1. The summed E-state index contributed by atoms with van der Waals surface area (Å²) in [6.07, 6.45) is 4.56. The fourth-order valence-corrected chi connectivity index (χ4v) is 1.95. The summed E-state index contributed by atoms with van der Waals surface area (Å²) in [5.74, 6) is 0. The zero-order valence-corrected chi connectivity index (χ0v) is 11.0. The van der Waals surface area contributed by atoms with Gasteiger partial charge in [0.2, 0.25) is 0 Å². The molecule has 0 fully saturated rings. The van der Waals surface area contributed by atoms with Crippen molar-refractivity contribution in [2.24, 2.45) is 0 Å². The minimum atomic E-state index is -0.493. The van der Waals surface area contributed by atoms with Crippen molar-refractivity contribution in [3.05, 3.63) is 42.5 Å². The van der Waals surface area contributed by atoms with Crippen LogP contribution < -0.4 is 5.73 Å². The molecule has 0 aliphatic heterocycles. The van der Waals surface area contributed by atoms with Crippen LogP contribution in [-0.4, -0.2) is 44.5 Å². The lowest BCUT2D eigenvalue weighted by Crippen LogP contribution is -2.32. The van der Waals surface area contributed by atoms with Crippen molar-refractivity contribution in [1.82, 2.24) is 19.7 Å². The van der Waals surface area contributed by atoms with Gasteiger partial charge in [-0.1, -0.05) is 6.07 Å². The Bertz CT molecular complexity index is 499. The third kappa shape index (κ3) is 4.35. The summed E-state index contributed by atoms with van der Waals surface area (Å²) in [6.45, 7) is 1.69. The third-order valence-corrected chi connectivity index (χ3v) is 2.73. The molecular formula is C13H19N5O. The number of likely N-dealkylation sites (N-methyl/N-ethyl adjacent to an activating group) is 1. The standard InChI is InChI=1S/C13H19N5O/c1-17(8-12-4-2-3-5-15-12)9-13(19)10-18-7-11(14)6-16-18/h2-7,13,19H,8-10,14H2,1H3. The van der Waals surface area contributed by atoms with Gasteiger partial charge in [-0.05, 0) is 19.2 Å². The van der Waals surface area contributed by atoms with Gasteiger partial charge in [0.05, 0.1) is 30.2 Å². The Labute approximate surface area is 112 Å². The van der Waals surface area contributed by atoms with E-state index < -0.39 is 6.10 Å². The number of pyridine rings is 1. The number of hydrogen-bond acceptors (Lipinski definition) is 5. The molecule has 0 aliphatic carbocycles. The van der Waals surface area contributed by atoms with Crippen LogP contribution in [0.15, 0.2) is 36.8 Å².